The summed E-state index contributed by atoms with van der Waals surface area (Å²) in [5, 5.41) is 9.91. The number of nitrogens with zero attached hydrogens (tertiary/aromatic N) is 2. The van der Waals surface area contributed by atoms with Crippen molar-refractivity contribution in [3.8, 4) is 5.75 Å². The molecule has 2 aliphatic rings. The van der Waals surface area contributed by atoms with Gasteiger partial charge in [0.25, 0.3) is 0 Å². The van der Waals surface area contributed by atoms with Crippen LogP contribution in [0.2, 0.25) is 0 Å². The lowest BCUT2D eigenvalue weighted by atomic mass is 9.96. The molecule has 2 atom stereocenters. The minimum absolute atomic E-state index is 0.197. The molecule has 0 saturated carbocycles. The van der Waals surface area contributed by atoms with Crippen molar-refractivity contribution < 1.29 is 5.11 Å². The molecule has 0 aliphatic carbocycles. The van der Waals surface area contributed by atoms with Crippen LogP contribution in [0.25, 0.3) is 5.70 Å². The summed E-state index contributed by atoms with van der Waals surface area (Å²) in [6, 6.07) is 1.36. The molecule has 0 bridgehead atoms. The maximum Gasteiger partial charge on any atom is 0.224 e. The van der Waals surface area contributed by atoms with E-state index in [-0.39, 0.29) is 17.3 Å². The number of aromatic hydroxyl groups is 1. The van der Waals surface area contributed by atoms with Gasteiger partial charge in [0.2, 0.25) is 5.43 Å². The third kappa shape index (κ3) is 1.50. The standard InChI is InChI=1S/C13H17N3O2/c1-8-3-4-11-14-16-6-5-10(17)13(18)12(16)9(2)15(11)7-8/h5-6,8,11,14,18H,2-4,7H2,1H3/t8-,11?/m1/s1. The SMILES string of the molecule is C=C1c2c(O)c(=O)ccn2NC2CC[C@@H](C)CN12. The quantitative estimate of drug-likeness (QED) is 0.722. The maximum absolute atomic E-state index is 11.5. The topological polar surface area (TPSA) is 57.5 Å². The first-order valence-corrected chi connectivity index (χ1v) is 6.25. The molecule has 0 spiro atoms. The van der Waals surface area contributed by atoms with E-state index in [1.54, 1.807) is 10.9 Å². The second-order valence-corrected chi connectivity index (χ2v) is 5.17. The lowest BCUT2D eigenvalue weighted by Gasteiger charge is -2.46. The molecule has 1 unspecified atom stereocenters. The first-order valence-electron chi connectivity index (χ1n) is 6.25. The fourth-order valence-corrected chi connectivity index (χ4v) is 2.79. The van der Waals surface area contributed by atoms with Crippen molar-refractivity contribution in [3.05, 3.63) is 34.8 Å². The molecule has 1 saturated heterocycles. The Hall–Kier alpha value is -1.91. The number of rotatable bonds is 0. The molecule has 2 aliphatic heterocycles. The molecule has 0 amide bonds. The largest absolute Gasteiger partial charge is 0.503 e. The normalized spacial score (nSPS) is 26.3. The van der Waals surface area contributed by atoms with Crippen molar-refractivity contribution in [3.63, 3.8) is 0 Å². The van der Waals surface area contributed by atoms with E-state index in [0.717, 1.165) is 18.7 Å². The summed E-state index contributed by atoms with van der Waals surface area (Å²) in [6.45, 7) is 7.15. The van der Waals surface area contributed by atoms with Gasteiger partial charge in [-0.3, -0.25) is 9.47 Å². The van der Waals surface area contributed by atoms with Crippen LogP contribution in [0.3, 0.4) is 0 Å². The van der Waals surface area contributed by atoms with Gasteiger partial charge in [0.05, 0.1) is 5.70 Å². The van der Waals surface area contributed by atoms with Crippen molar-refractivity contribution >= 4 is 5.70 Å². The Balaban J connectivity index is 2.08. The highest BCUT2D eigenvalue weighted by Crippen LogP contribution is 2.34. The van der Waals surface area contributed by atoms with Crippen LogP contribution in [0.5, 0.6) is 5.75 Å². The van der Waals surface area contributed by atoms with Crippen LogP contribution in [0.4, 0.5) is 0 Å². The van der Waals surface area contributed by atoms with Crippen LogP contribution >= 0.6 is 0 Å². The van der Waals surface area contributed by atoms with Gasteiger partial charge in [-0.1, -0.05) is 13.5 Å². The highest BCUT2D eigenvalue weighted by molar-refractivity contribution is 5.66. The van der Waals surface area contributed by atoms with Gasteiger partial charge in [-0.25, -0.2) is 0 Å². The average Bonchev–Trinajstić information content (AvgIpc) is 2.35. The molecule has 1 aromatic heterocycles. The highest BCUT2D eigenvalue weighted by atomic mass is 16.3. The van der Waals surface area contributed by atoms with E-state index < -0.39 is 0 Å². The van der Waals surface area contributed by atoms with E-state index in [9.17, 15) is 9.90 Å². The van der Waals surface area contributed by atoms with Gasteiger partial charge in [0.15, 0.2) is 5.75 Å². The average molecular weight is 247 g/mol. The lowest BCUT2D eigenvalue weighted by Crippen LogP contribution is -2.52. The molecule has 3 heterocycles. The van der Waals surface area contributed by atoms with Crippen molar-refractivity contribution in [1.82, 2.24) is 9.58 Å². The highest BCUT2D eigenvalue weighted by Gasteiger charge is 2.33. The summed E-state index contributed by atoms with van der Waals surface area (Å²) >= 11 is 0. The number of fused-ring (bicyclic) bond motifs is 2. The van der Waals surface area contributed by atoms with E-state index in [2.05, 4.69) is 23.8 Å². The second kappa shape index (κ2) is 3.80. The van der Waals surface area contributed by atoms with Crippen LogP contribution < -0.4 is 10.9 Å². The van der Waals surface area contributed by atoms with Crippen molar-refractivity contribution in [2.45, 2.75) is 25.9 Å². The van der Waals surface area contributed by atoms with Crippen LogP contribution in [-0.2, 0) is 0 Å². The summed E-state index contributed by atoms with van der Waals surface area (Å²) in [5.41, 5.74) is 4.14. The molecule has 5 nitrogen and oxygen atoms in total. The number of pyridine rings is 1. The zero-order chi connectivity index (χ0) is 12.9. The summed E-state index contributed by atoms with van der Waals surface area (Å²) in [4.78, 5) is 13.7. The molecule has 0 radical (unpaired) electrons. The Morgan fingerprint density at radius 1 is 1.50 bits per heavy atom. The van der Waals surface area contributed by atoms with Gasteiger partial charge in [0, 0.05) is 18.8 Å². The smallest absolute Gasteiger partial charge is 0.224 e. The molecular formula is C13H17N3O2. The van der Waals surface area contributed by atoms with E-state index in [4.69, 9.17) is 0 Å². The van der Waals surface area contributed by atoms with Gasteiger partial charge in [-0.2, -0.15) is 0 Å². The fourth-order valence-electron chi connectivity index (χ4n) is 2.79. The molecule has 1 fully saturated rings. The Bertz CT molecular complexity index is 564. The van der Waals surface area contributed by atoms with Crippen LogP contribution in [0.1, 0.15) is 25.5 Å². The number of nitrogens with one attached hydrogen (secondary N) is 1. The maximum atomic E-state index is 11.5. The minimum atomic E-state index is -0.368. The van der Waals surface area contributed by atoms with E-state index in [0.29, 0.717) is 11.6 Å². The zero-order valence-corrected chi connectivity index (χ0v) is 10.4. The molecule has 2 N–H and O–H groups in total. The van der Waals surface area contributed by atoms with Crippen molar-refractivity contribution in [2.75, 3.05) is 12.0 Å². The summed E-state index contributed by atoms with van der Waals surface area (Å²) in [5.74, 6) is 0.371. The van der Waals surface area contributed by atoms with Crippen LogP contribution in [0, 0.1) is 5.92 Å². The molecular weight excluding hydrogens is 230 g/mol. The molecule has 0 aromatic carbocycles. The Labute approximate surface area is 105 Å². The van der Waals surface area contributed by atoms with E-state index in [1.807, 2.05) is 0 Å². The third-order valence-electron chi connectivity index (χ3n) is 3.80. The Morgan fingerprint density at radius 2 is 2.28 bits per heavy atom. The van der Waals surface area contributed by atoms with Crippen molar-refractivity contribution in [1.29, 1.82) is 0 Å². The van der Waals surface area contributed by atoms with Gasteiger partial charge in [-0.15, -0.1) is 0 Å². The predicted octanol–water partition coefficient (Wildman–Crippen LogP) is 1.14. The second-order valence-electron chi connectivity index (χ2n) is 5.17. The first-order chi connectivity index (χ1) is 8.58. The van der Waals surface area contributed by atoms with Crippen LogP contribution in [-0.4, -0.2) is 27.4 Å². The molecule has 96 valence electrons. The lowest BCUT2D eigenvalue weighted by molar-refractivity contribution is 0.178. The van der Waals surface area contributed by atoms with Gasteiger partial charge in [-0.05, 0) is 18.8 Å². The fraction of sp³-hybridized carbons (Fsp3) is 0.462. The predicted molar refractivity (Wildman–Crippen MR) is 69.7 cm³/mol. The van der Waals surface area contributed by atoms with Gasteiger partial charge >= 0.3 is 0 Å². The van der Waals surface area contributed by atoms with E-state index >= 15 is 0 Å². The number of hydrogen-bond donors (Lipinski definition) is 2. The van der Waals surface area contributed by atoms with Crippen molar-refractivity contribution in [2.24, 2.45) is 5.92 Å². The van der Waals surface area contributed by atoms with Gasteiger partial charge in [0.1, 0.15) is 11.9 Å². The number of hydrogen-bond acceptors (Lipinski definition) is 4. The first kappa shape index (κ1) is 11.2. The van der Waals surface area contributed by atoms with E-state index in [1.165, 1.54) is 12.5 Å². The number of aromatic nitrogens is 1. The Kier molecular flexibility index (Phi) is 2.36. The Morgan fingerprint density at radius 3 is 3.06 bits per heavy atom. The van der Waals surface area contributed by atoms with Crippen LogP contribution in [0.15, 0.2) is 23.6 Å². The monoisotopic (exact) mass is 247 g/mol. The molecule has 1 aromatic rings. The molecule has 3 rings (SSSR count). The zero-order valence-electron chi connectivity index (χ0n) is 10.4. The van der Waals surface area contributed by atoms with Gasteiger partial charge < -0.3 is 15.4 Å². The summed E-state index contributed by atoms with van der Waals surface area (Å²) in [6.07, 6.45) is 4.05. The molecule has 5 heteroatoms. The summed E-state index contributed by atoms with van der Waals surface area (Å²) in [7, 11) is 0. The minimum Gasteiger partial charge on any atom is -0.503 e. The third-order valence-corrected chi connectivity index (χ3v) is 3.80. The molecule has 18 heavy (non-hydrogen) atoms. The summed E-state index contributed by atoms with van der Waals surface area (Å²) < 4.78 is 1.70. The number of piperidine rings is 1.